The van der Waals surface area contributed by atoms with Crippen LogP contribution < -0.4 is 21.1 Å². The summed E-state index contributed by atoms with van der Waals surface area (Å²) in [4.78, 5) is 25.7. The molecule has 1 atom stereocenters. The predicted molar refractivity (Wildman–Crippen MR) is 125 cm³/mol. The van der Waals surface area contributed by atoms with Crippen LogP contribution in [0.3, 0.4) is 0 Å². The third-order valence-electron chi connectivity index (χ3n) is 5.10. The summed E-state index contributed by atoms with van der Waals surface area (Å²) in [7, 11) is 0. The molecule has 0 aliphatic heterocycles. The quantitative estimate of drug-likeness (QED) is 0.437. The first-order valence-corrected chi connectivity index (χ1v) is 11.4. The van der Waals surface area contributed by atoms with Crippen molar-refractivity contribution < 1.29 is 14.3 Å². The Kier molecular flexibility index (Phi) is 7.44. The average molecular weight is 446 g/mol. The van der Waals surface area contributed by atoms with Crippen molar-refractivity contribution in [3.05, 3.63) is 45.8 Å². The van der Waals surface area contributed by atoms with Crippen LogP contribution in [0.5, 0.6) is 5.75 Å². The lowest BCUT2D eigenvalue weighted by molar-refractivity contribution is 0.0975. The zero-order valence-electron chi connectivity index (χ0n) is 17.2. The minimum Gasteiger partial charge on any atom is -0.494 e. The molecule has 160 valence electrons. The number of nitrogens with two attached hydrogens (primary N) is 1. The fourth-order valence-electron chi connectivity index (χ4n) is 3.45. The number of primary amides is 1. The van der Waals surface area contributed by atoms with Gasteiger partial charge in [0.15, 0.2) is 5.11 Å². The lowest BCUT2D eigenvalue weighted by atomic mass is 9.88. The molecule has 1 heterocycles. The highest BCUT2D eigenvalue weighted by atomic mass is 32.1. The molecule has 2 aromatic rings. The van der Waals surface area contributed by atoms with E-state index < -0.39 is 5.91 Å². The Labute approximate surface area is 186 Å². The van der Waals surface area contributed by atoms with Gasteiger partial charge in [0.25, 0.3) is 11.8 Å². The second-order valence-electron chi connectivity index (χ2n) is 7.55. The topological polar surface area (TPSA) is 93.4 Å². The number of ether oxygens (including phenoxy) is 1. The summed E-state index contributed by atoms with van der Waals surface area (Å²) in [6.45, 7) is 4.96. The molecule has 1 aromatic carbocycles. The van der Waals surface area contributed by atoms with Gasteiger partial charge < -0.3 is 15.8 Å². The van der Waals surface area contributed by atoms with E-state index in [-0.39, 0.29) is 11.0 Å². The van der Waals surface area contributed by atoms with Crippen LogP contribution in [-0.2, 0) is 12.8 Å². The van der Waals surface area contributed by atoms with Crippen molar-refractivity contribution in [2.75, 3.05) is 11.9 Å². The highest BCUT2D eigenvalue weighted by Crippen LogP contribution is 2.39. The number of nitrogens with one attached hydrogen (secondary N) is 2. The molecule has 6 nitrogen and oxygen atoms in total. The van der Waals surface area contributed by atoms with E-state index in [1.165, 1.54) is 11.3 Å². The molecular formula is C22H27N3O3S2. The molecule has 0 unspecified atom stereocenters. The van der Waals surface area contributed by atoms with Crippen LogP contribution in [0.2, 0.25) is 0 Å². The van der Waals surface area contributed by atoms with Crippen molar-refractivity contribution in [2.24, 2.45) is 11.7 Å². The van der Waals surface area contributed by atoms with Gasteiger partial charge >= 0.3 is 0 Å². The summed E-state index contributed by atoms with van der Waals surface area (Å²) >= 11 is 6.79. The Morgan fingerprint density at radius 1 is 1.30 bits per heavy atom. The number of thiophene rings is 1. The van der Waals surface area contributed by atoms with Gasteiger partial charge in [0.1, 0.15) is 10.8 Å². The van der Waals surface area contributed by atoms with Crippen molar-refractivity contribution >= 4 is 45.5 Å². The Hall–Kier alpha value is -2.45. The van der Waals surface area contributed by atoms with Crippen LogP contribution in [0.15, 0.2) is 24.3 Å². The maximum Gasteiger partial charge on any atom is 0.257 e. The van der Waals surface area contributed by atoms with Crippen molar-refractivity contribution in [3.63, 3.8) is 0 Å². The van der Waals surface area contributed by atoms with Crippen LogP contribution in [-0.4, -0.2) is 23.5 Å². The molecule has 2 amide bonds. The minimum absolute atomic E-state index is 0.136. The van der Waals surface area contributed by atoms with Gasteiger partial charge in [-0.15, -0.1) is 11.3 Å². The molecule has 0 saturated carbocycles. The molecule has 1 aromatic heterocycles. The number of benzene rings is 1. The molecule has 0 radical (unpaired) electrons. The number of amides is 2. The van der Waals surface area contributed by atoms with E-state index in [1.54, 1.807) is 24.3 Å². The Bertz CT molecular complexity index is 938. The maximum absolute atomic E-state index is 12.5. The first-order chi connectivity index (χ1) is 14.4. The summed E-state index contributed by atoms with van der Waals surface area (Å²) < 4.78 is 5.61. The van der Waals surface area contributed by atoms with Crippen LogP contribution in [0.25, 0.3) is 0 Å². The lowest BCUT2D eigenvalue weighted by Crippen LogP contribution is -2.34. The predicted octanol–water partition coefficient (Wildman–Crippen LogP) is 4.28. The summed E-state index contributed by atoms with van der Waals surface area (Å²) in [6, 6.07) is 6.92. The molecule has 1 aliphatic carbocycles. The number of unbranched alkanes of at least 4 members (excludes halogenated alkanes) is 1. The van der Waals surface area contributed by atoms with E-state index in [2.05, 4.69) is 24.5 Å². The molecule has 1 aliphatic rings. The zero-order chi connectivity index (χ0) is 21.7. The van der Waals surface area contributed by atoms with Gasteiger partial charge in [0.05, 0.1) is 12.2 Å². The van der Waals surface area contributed by atoms with Gasteiger partial charge in [-0.25, -0.2) is 0 Å². The largest absolute Gasteiger partial charge is 0.494 e. The molecule has 0 bridgehead atoms. The summed E-state index contributed by atoms with van der Waals surface area (Å²) in [5, 5.41) is 6.41. The van der Waals surface area contributed by atoms with Gasteiger partial charge in [0, 0.05) is 10.4 Å². The summed E-state index contributed by atoms with van der Waals surface area (Å²) in [5.41, 5.74) is 7.60. The second kappa shape index (κ2) is 10.0. The van der Waals surface area contributed by atoms with E-state index in [0.29, 0.717) is 28.7 Å². The highest BCUT2D eigenvalue weighted by Gasteiger charge is 2.27. The molecule has 0 saturated heterocycles. The zero-order valence-corrected chi connectivity index (χ0v) is 18.9. The Morgan fingerprint density at radius 2 is 2.03 bits per heavy atom. The minimum atomic E-state index is -0.475. The van der Waals surface area contributed by atoms with Crippen LogP contribution in [0.4, 0.5) is 5.00 Å². The van der Waals surface area contributed by atoms with E-state index in [1.807, 2.05) is 0 Å². The smallest absolute Gasteiger partial charge is 0.257 e. The SMILES string of the molecule is CCCCOc1ccc(C(=O)NC(=S)Nc2sc3c(c2C(N)=O)CC[C@H](C)C3)cc1. The molecular weight excluding hydrogens is 418 g/mol. The molecule has 30 heavy (non-hydrogen) atoms. The molecule has 8 heteroatoms. The van der Waals surface area contributed by atoms with Gasteiger partial charge in [-0.05, 0) is 73.6 Å². The van der Waals surface area contributed by atoms with Crippen molar-refractivity contribution in [1.82, 2.24) is 5.32 Å². The van der Waals surface area contributed by atoms with Crippen molar-refractivity contribution in [2.45, 2.75) is 46.0 Å². The van der Waals surface area contributed by atoms with E-state index in [9.17, 15) is 9.59 Å². The molecule has 3 rings (SSSR count). The molecule has 4 N–H and O–H groups in total. The van der Waals surface area contributed by atoms with Crippen LogP contribution >= 0.6 is 23.6 Å². The number of fused-ring (bicyclic) bond motifs is 1. The summed E-state index contributed by atoms with van der Waals surface area (Å²) in [6.07, 6.45) is 4.84. The van der Waals surface area contributed by atoms with Gasteiger partial charge in [-0.3, -0.25) is 14.9 Å². The molecule has 0 spiro atoms. The fraction of sp³-hybridized carbons (Fsp3) is 0.409. The summed E-state index contributed by atoms with van der Waals surface area (Å²) in [5.74, 6) is 0.496. The van der Waals surface area contributed by atoms with Gasteiger partial charge in [0.2, 0.25) is 0 Å². The average Bonchev–Trinajstić information content (AvgIpc) is 3.05. The number of thiocarbonyl (C=S) groups is 1. The van der Waals surface area contributed by atoms with Crippen molar-refractivity contribution in [1.29, 1.82) is 0 Å². The van der Waals surface area contributed by atoms with E-state index in [4.69, 9.17) is 22.7 Å². The number of carbonyl (C=O) groups is 2. The fourth-order valence-corrected chi connectivity index (χ4v) is 5.13. The van der Waals surface area contributed by atoms with Crippen LogP contribution in [0.1, 0.15) is 64.3 Å². The van der Waals surface area contributed by atoms with E-state index >= 15 is 0 Å². The Morgan fingerprint density at radius 3 is 2.70 bits per heavy atom. The third-order valence-corrected chi connectivity index (χ3v) is 6.47. The number of anilines is 1. The third kappa shape index (κ3) is 5.37. The monoisotopic (exact) mass is 445 g/mol. The number of carbonyl (C=O) groups excluding carboxylic acids is 2. The van der Waals surface area contributed by atoms with E-state index in [0.717, 1.165) is 48.3 Å². The number of hydrogen-bond donors (Lipinski definition) is 3. The first kappa shape index (κ1) is 22.2. The van der Waals surface area contributed by atoms with Crippen LogP contribution in [0, 0.1) is 5.92 Å². The lowest BCUT2D eigenvalue weighted by Gasteiger charge is -2.18. The number of hydrogen-bond acceptors (Lipinski definition) is 5. The Balaban J connectivity index is 1.64. The van der Waals surface area contributed by atoms with Gasteiger partial charge in [-0.2, -0.15) is 0 Å². The van der Waals surface area contributed by atoms with Crippen molar-refractivity contribution in [3.8, 4) is 5.75 Å². The second-order valence-corrected chi connectivity index (χ2v) is 9.07. The maximum atomic E-state index is 12.5. The van der Waals surface area contributed by atoms with Gasteiger partial charge in [-0.1, -0.05) is 20.3 Å². The number of rotatable bonds is 7. The standard InChI is InChI=1S/C22H27N3O3S2/c1-3-4-11-28-15-8-6-14(7-9-15)20(27)24-22(29)25-21-18(19(23)26)16-10-5-13(2)12-17(16)30-21/h6-9,13H,3-5,10-12H2,1-2H3,(H2,23,26)(H2,24,25,27,29)/t13-/m0/s1. The highest BCUT2D eigenvalue weighted by molar-refractivity contribution is 7.80. The molecule has 0 fully saturated rings. The first-order valence-electron chi connectivity index (χ1n) is 10.2. The normalized spacial score (nSPS) is 15.2.